The second-order valence-electron chi connectivity index (χ2n) is 5.59. The molecule has 0 atom stereocenters. The van der Waals surface area contributed by atoms with Crippen LogP contribution >= 0.6 is 0 Å². The van der Waals surface area contributed by atoms with E-state index in [0.29, 0.717) is 11.6 Å². The Morgan fingerprint density at radius 3 is 2.72 bits per heavy atom. The molecule has 0 saturated carbocycles. The molecule has 0 aliphatic heterocycles. The normalized spacial score (nSPS) is 10.5. The predicted octanol–water partition coefficient (Wildman–Crippen LogP) is 3.48. The Morgan fingerprint density at radius 1 is 1.08 bits per heavy atom. The largest absolute Gasteiger partial charge is 0.482 e. The van der Waals surface area contributed by atoms with Crippen molar-refractivity contribution >= 4 is 5.97 Å². The van der Waals surface area contributed by atoms with E-state index in [1.54, 1.807) is 6.07 Å². The average molecular weight is 338 g/mol. The number of carbonyl (C=O) groups is 1. The second kappa shape index (κ2) is 7.61. The first-order chi connectivity index (χ1) is 12.1. The van der Waals surface area contributed by atoms with E-state index in [1.165, 1.54) is 0 Å². The van der Waals surface area contributed by atoms with Crippen molar-refractivity contribution in [2.24, 2.45) is 0 Å². The zero-order chi connectivity index (χ0) is 17.6. The first-order valence-corrected chi connectivity index (χ1v) is 7.85. The van der Waals surface area contributed by atoms with Crippen LogP contribution in [0.4, 0.5) is 0 Å². The molecule has 0 saturated heterocycles. The number of hydrogen-bond donors (Lipinski definition) is 0. The van der Waals surface area contributed by atoms with Crippen LogP contribution in [-0.4, -0.2) is 22.8 Å². The number of hydrogen-bond acceptors (Lipinski definition) is 6. The maximum atomic E-state index is 11.8. The molecule has 128 valence electrons. The van der Waals surface area contributed by atoms with E-state index in [4.69, 9.17) is 13.9 Å². The van der Waals surface area contributed by atoms with Crippen molar-refractivity contribution in [2.75, 3.05) is 6.61 Å². The topological polar surface area (TPSA) is 74.5 Å². The van der Waals surface area contributed by atoms with Gasteiger partial charge in [-0.3, -0.25) is 0 Å². The molecule has 0 bridgehead atoms. The van der Waals surface area contributed by atoms with Gasteiger partial charge in [-0.05, 0) is 37.6 Å². The van der Waals surface area contributed by atoms with Crippen LogP contribution in [0, 0.1) is 13.8 Å². The Kier molecular flexibility index (Phi) is 5.09. The lowest BCUT2D eigenvalue weighted by Crippen LogP contribution is -2.15. The fourth-order valence-corrected chi connectivity index (χ4v) is 2.25. The van der Waals surface area contributed by atoms with Gasteiger partial charge in [0.05, 0.1) is 0 Å². The molecule has 0 aliphatic rings. The maximum Gasteiger partial charge on any atom is 0.344 e. The first kappa shape index (κ1) is 16.7. The minimum absolute atomic E-state index is 0.0885. The van der Waals surface area contributed by atoms with Crippen LogP contribution in [0.2, 0.25) is 0 Å². The van der Waals surface area contributed by atoms with Crippen molar-refractivity contribution in [3.63, 3.8) is 0 Å². The number of ether oxygens (including phenoxy) is 2. The van der Waals surface area contributed by atoms with Gasteiger partial charge >= 0.3 is 5.97 Å². The summed E-state index contributed by atoms with van der Waals surface area (Å²) in [6.45, 7) is 3.63. The summed E-state index contributed by atoms with van der Waals surface area (Å²) in [5.41, 5.74) is 2.87. The van der Waals surface area contributed by atoms with Crippen molar-refractivity contribution in [1.29, 1.82) is 0 Å². The Hall–Kier alpha value is -3.15. The van der Waals surface area contributed by atoms with Gasteiger partial charge in [-0.1, -0.05) is 35.9 Å². The molecule has 1 aromatic heterocycles. The predicted molar refractivity (Wildman–Crippen MR) is 90.9 cm³/mol. The molecule has 0 amide bonds. The SMILES string of the molecule is Cc1cccc(-c2nnc(COC(=O)COc3ccccc3C)o2)c1. The fourth-order valence-electron chi connectivity index (χ4n) is 2.25. The van der Waals surface area contributed by atoms with E-state index >= 15 is 0 Å². The quantitative estimate of drug-likeness (QED) is 0.641. The van der Waals surface area contributed by atoms with Crippen LogP contribution in [0.1, 0.15) is 17.0 Å². The zero-order valence-electron chi connectivity index (χ0n) is 14.1. The molecule has 0 radical (unpaired) electrons. The number of para-hydroxylation sites is 1. The summed E-state index contributed by atoms with van der Waals surface area (Å²) < 4.78 is 16.1. The minimum Gasteiger partial charge on any atom is -0.482 e. The van der Waals surface area contributed by atoms with Gasteiger partial charge in [0.15, 0.2) is 13.2 Å². The lowest BCUT2D eigenvalue weighted by Gasteiger charge is -2.07. The van der Waals surface area contributed by atoms with E-state index < -0.39 is 5.97 Å². The van der Waals surface area contributed by atoms with Gasteiger partial charge in [0, 0.05) is 5.56 Å². The minimum atomic E-state index is -0.501. The highest BCUT2D eigenvalue weighted by atomic mass is 16.6. The van der Waals surface area contributed by atoms with Gasteiger partial charge in [0.1, 0.15) is 5.75 Å². The molecule has 0 N–H and O–H groups in total. The van der Waals surface area contributed by atoms with Gasteiger partial charge in [0.2, 0.25) is 5.89 Å². The third-order valence-corrected chi connectivity index (χ3v) is 3.53. The molecule has 1 heterocycles. The van der Waals surface area contributed by atoms with Crippen LogP contribution in [0.5, 0.6) is 5.75 Å². The Bertz CT molecular complexity index is 873. The summed E-state index contributed by atoms with van der Waals surface area (Å²) in [6, 6.07) is 15.2. The van der Waals surface area contributed by atoms with Crippen LogP contribution < -0.4 is 4.74 Å². The fraction of sp³-hybridized carbons (Fsp3) is 0.211. The van der Waals surface area contributed by atoms with E-state index in [2.05, 4.69) is 10.2 Å². The smallest absolute Gasteiger partial charge is 0.344 e. The van der Waals surface area contributed by atoms with Gasteiger partial charge < -0.3 is 13.9 Å². The summed E-state index contributed by atoms with van der Waals surface area (Å²) in [4.78, 5) is 11.8. The zero-order valence-corrected chi connectivity index (χ0v) is 14.1. The molecule has 0 aliphatic carbocycles. The summed E-state index contributed by atoms with van der Waals surface area (Å²) in [5, 5.41) is 7.86. The van der Waals surface area contributed by atoms with Gasteiger partial charge in [-0.2, -0.15) is 0 Å². The van der Waals surface area contributed by atoms with Crippen LogP contribution in [0.15, 0.2) is 52.9 Å². The standard InChI is InChI=1S/C19H18N2O4/c1-13-6-5-8-15(10-13)19-21-20-17(25-19)11-24-18(22)12-23-16-9-4-3-7-14(16)2/h3-10H,11-12H2,1-2H3. The van der Waals surface area contributed by atoms with Gasteiger partial charge in [-0.15, -0.1) is 10.2 Å². The third kappa shape index (κ3) is 4.44. The van der Waals surface area contributed by atoms with E-state index in [9.17, 15) is 4.79 Å². The molecule has 6 heteroatoms. The highest BCUT2D eigenvalue weighted by Gasteiger charge is 2.12. The van der Waals surface area contributed by atoms with Gasteiger partial charge in [0.25, 0.3) is 5.89 Å². The van der Waals surface area contributed by atoms with Crippen molar-refractivity contribution in [2.45, 2.75) is 20.5 Å². The van der Waals surface area contributed by atoms with Crippen molar-refractivity contribution < 1.29 is 18.7 Å². The maximum absolute atomic E-state index is 11.8. The second-order valence-corrected chi connectivity index (χ2v) is 5.59. The highest BCUT2D eigenvalue weighted by molar-refractivity contribution is 5.71. The monoisotopic (exact) mass is 338 g/mol. The Balaban J connectivity index is 1.52. The Labute approximate surface area is 145 Å². The van der Waals surface area contributed by atoms with Crippen LogP contribution in [0.3, 0.4) is 0 Å². The lowest BCUT2D eigenvalue weighted by molar-refractivity contribution is -0.148. The number of esters is 1. The average Bonchev–Trinajstić information content (AvgIpc) is 3.08. The Morgan fingerprint density at radius 2 is 1.92 bits per heavy atom. The lowest BCUT2D eigenvalue weighted by atomic mass is 10.1. The van der Waals surface area contributed by atoms with Crippen molar-refractivity contribution in [3.05, 3.63) is 65.5 Å². The van der Waals surface area contributed by atoms with E-state index in [-0.39, 0.29) is 19.1 Å². The van der Waals surface area contributed by atoms with Gasteiger partial charge in [-0.25, -0.2) is 4.79 Å². The summed E-state index contributed by atoms with van der Waals surface area (Å²) in [6.07, 6.45) is 0. The van der Waals surface area contributed by atoms with Crippen molar-refractivity contribution in [1.82, 2.24) is 10.2 Å². The molecule has 6 nitrogen and oxygen atoms in total. The number of aromatic nitrogens is 2. The molecule has 0 unspecified atom stereocenters. The first-order valence-electron chi connectivity index (χ1n) is 7.85. The van der Waals surface area contributed by atoms with E-state index in [1.807, 2.05) is 56.3 Å². The van der Waals surface area contributed by atoms with Crippen LogP contribution in [-0.2, 0) is 16.1 Å². The summed E-state index contributed by atoms with van der Waals surface area (Å²) >= 11 is 0. The molecule has 0 spiro atoms. The third-order valence-electron chi connectivity index (χ3n) is 3.53. The number of rotatable bonds is 6. The summed E-state index contributed by atoms with van der Waals surface area (Å²) in [5.74, 6) is 0.782. The number of nitrogens with zero attached hydrogens (tertiary/aromatic N) is 2. The number of benzene rings is 2. The molecule has 0 fully saturated rings. The molecular weight excluding hydrogens is 320 g/mol. The van der Waals surface area contributed by atoms with Crippen molar-refractivity contribution in [3.8, 4) is 17.2 Å². The number of carbonyl (C=O) groups excluding carboxylic acids is 1. The molecule has 25 heavy (non-hydrogen) atoms. The molecule has 3 aromatic rings. The summed E-state index contributed by atoms with van der Waals surface area (Å²) in [7, 11) is 0. The highest BCUT2D eigenvalue weighted by Crippen LogP contribution is 2.19. The number of aryl methyl sites for hydroxylation is 2. The molecule has 2 aromatic carbocycles. The molecular formula is C19H18N2O4. The molecule has 3 rings (SSSR count). The van der Waals surface area contributed by atoms with Crippen LogP contribution in [0.25, 0.3) is 11.5 Å². The van der Waals surface area contributed by atoms with E-state index in [0.717, 1.165) is 16.7 Å².